The van der Waals surface area contributed by atoms with Crippen LogP contribution in [0, 0.1) is 6.92 Å². The fraction of sp³-hybridized carbons (Fsp3) is 0.120. The molecule has 0 atom stereocenters. The molecule has 1 heterocycles. The molecule has 1 amide bonds. The number of aromatic nitrogens is 1. The monoisotopic (exact) mass is 464 g/mol. The molecule has 0 aliphatic carbocycles. The van der Waals surface area contributed by atoms with Gasteiger partial charge in [0.1, 0.15) is 6.61 Å². The highest BCUT2D eigenvalue weighted by molar-refractivity contribution is 7.22. The molecule has 5 nitrogen and oxygen atoms in total. The van der Waals surface area contributed by atoms with Crippen molar-refractivity contribution in [2.75, 3.05) is 12.4 Å². The van der Waals surface area contributed by atoms with E-state index < -0.39 is 0 Å². The van der Waals surface area contributed by atoms with E-state index in [1.807, 2.05) is 61.5 Å². The number of methoxy groups -OCH3 is 1. The number of rotatable bonds is 7. The molecular formula is C25H21ClN2O3S. The summed E-state index contributed by atoms with van der Waals surface area (Å²) in [5.74, 6) is 0.958. The van der Waals surface area contributed by atoms with Gasteiger partial charge in [-0.15, -0.1) is 0 Å². The number of nitrogens with zero attached hydrogens (tertiary/aromatic N) is 1. The smallest absolute Gasteiger partial charge is 0.250 e. The predicted molar refractivity (Wildman–Crippen MR) is 131 cm³/mol. The van der Waals surface area contributed by atoms with E-state index >= 15 is 0 Å². The van der Waals surface area contributed by atoms with Crippen LogP contribution < -0.4 is 14.8 Å². The molecule has 4 rings (SSSR count). The van der Waals surface area contributed by atoms with Crippen molar-refractivity contribution >= 4 is 50.3 Å². The lowest BCUT2D eigenvalue weighted by Gasteiger charge is -2.11. The maximum atomic E-state index is 12.3. The van der Waals surface area contributed by atoms with Gasteiger partial charge in [0.2, 0.25) is 5.91 Å². The molecule has 0 aliphatic rings. The number of thiazole rings is 1. The molecule has 4 aromatic rings. The lowest BCUT2D eigenvalue weighted by Crippen LogP contribution is -2.07. The van der Waals surface area contributed by atoms with Gasteiger partial charge in [-0.1, -0.05) is 47.2 Å². The Morgan fingerprint density at radius 1 is 1.09 bits per heavy atom. The Bertz CT molecular complexity index is 1280. The molecule has 1 N–H and O–H groups in total. The van der Waals surface area contributed by atoms with Gasteiger partial charge < -0.3 is 9.47 Å². The second-order valence-corrected chi connectivity index (χ2v) is 8.61. The number of hydrogen-bond acceptors (Lipinski definition) is 5. The summed E-state index contributed by atoms with van der Waals surface area (Å²) >= 11 is 7.37. The van der Waals surface area contributed by atoms with Gasteiger partial charge in [-0.05, 0) is 66.1 Å². The topological polar surface area (TPSA) is 60.5 Å². The Morgan fingerprint density at radius 3 is 2.69 bits per heavy atom. The third-order valence-corrected chi connectivity index (χ3v) is 5.88. The largest absolute Gasteiger partial charge is 0.493 e. The fourth-order valence-corrected chi connectivity index (χ4v) is 4.15. The van der Waals surface area contributed by atoms with Gasteiger partial charge in [-0.2, -0.15) is 0 Å². The highest BCUT2D eigenvalue weighted by atomic mass is 35.5. The maximum Gasteiger partial charge on any atom is 0.250 e. The zero-order valence-electron chi connectivity index (χ0n) is 17.6. The van der Waals surface area contributed by atoms with E-state index in [4.69, 9.17) is 21.1 Å². The van der Waals surface area contributed by atoms with Crippen LogP contribution in [0.4, 0.5) is 5.13 Å². The van der Waals surface area contributed by atoms with E-state index in [0.717, 1.165) is 26.9 Å². The average Bonchev–Trinajstić information content (AvgIpc) is 3.18. The Morgan fingerprint density at radius 2 is 1.91 bits per heavy atom. The first-order valence-electron chi connectivity index (χ1n) is 9.92. The SMILES string of the molecule is COc1cc(/C=C/C(=O)Nc2nc3ccc(C)cc3s2)ccc1OCc1ccc(Cl)cc1. The predicted octanol–water partition coefficient (Wildman–Crippen LogP) is 6.50. The van der Waals surface area contributed by atoms with Crippen molar-refractivity contribution in [3.05, 3.63) is 88.5 Å². The first-order chi connectivity index (χ1) is 15.5. The lowest BCUT2D eigenvalue weighted by molar-refractivity contribution is -0.111. The van der Waals surface area contributed by atoms with E-state index in [1.165, 1.54) is 17.4 Å². The van der Waals surface area contributed by atoms with Crippen LogP contribution in [0.5, 0.6) is 11.5 Å². The van der Waals surface area contributed by atoms with Gasteiger partial charge >= 0.3 is 0 Å². The molecule has 0 saturated heterocycles. The molecule has 7 heteroatoms. The number of carbonyl (C=O) groups is 1. The number of ether oxygens (including phenoxy) is 2. The van der Waals surface area contributed by atoms with Crippen LogP contribution in [-0.2, 0) is 11.4 Å². The molecule has 0 aliphatic heterocycles. The summed E-state index contributed by atoms with van der Waals surface area (Å²) in [6, 6.07) is 19.0. The van der Waals surface area contributed by atoms with Crippen molar-refractivity contribution < 1.29 is 14.3 Å². The number of carbonyl (C=O) groups excluding carboxylic acids is 1. The Kier molecular flexibility index (Phi) is 6.73. The second kappa shape index (κ2) is 9.85. The van der Waals surface area contributed by atoms with E-state index in [0.29, 0.717) is 28.3 Å². The number of hydrogen-bond donors (Lipinski definition) is 1. The molecule has 0 radical (unpaired) electrons. The molecule has 3 aromatic carbocycles. The summed E-state index contributed by atoms with van der Waals surface area (Å²) < 4.78 is 12.4. The van der Waals surface area contributed by atoms with Crippen LogP contribution in [0.3, 0.4) is 0 Å². The molecule has 0 bridgehead atoms. The standard InChI is InChI=1S/C25H21ClN2O3S/c1-16-3-10-20-23(13-16)32-25(27-20)28-24(29)12-7-17-6-11-21(22(14-17)30-2)31-15-18-4-8-19(26)9-5-18/h3-14H,15H2,1-2H3,(H,27,28,29)/b12-7+. The number of fused-ring (bicyclic) bond motifs is 1. The second-order valence-electron chi connectivity index (χ2n) is 7.14. The van der Waals surface area contributed by atoms with Crippen LogP contribution in [0.1, 0.15) is 16.7 Å². The van der Waals surface area contributed by atoms with Crippen LogP contribution in [0.25, 0.3) is 16.3 Å². The number of aryl methyl sites for hydroxylation is 1. The first-order valence-corrected chi connectivity index (χ1v) is 11.1. The number of anilines is 1. The van der Waals surface area contributed by atoms with Gasteiger partial charge in [-0.3, -0.25) is 10.1 Å². The normalized spacial score (nSPS) is 11.1. The summed E-state index contributed by atoms with van der Waals surface area (Å²) in [4.78, 5) is 16.8. The number of halogens is 1. The molecular weight excluding hydrogens is 444 g/mol. The van der Waals surface area contributed by atoms with Crippen molar-refractivity contribution in [2.24, 2.45) is 0 Å². The molecule has 0 saturated carbocycles. The van der Waals surface area contributed by atoms with Gasteiger partial charge in [-0.25, -0.2) is 4.98 Å². The van der Waals surface area contributed by atoms with Gasteiger partial charge in [0.05, 0.1) is 17.3 Å². The van der Waals surface area contributed by atoms with E-state index in [9.17, 15) is 4.79 Å². The molecule has 162 valence electrons. The van der Waals surface area contributed by atoms with Gasteiger partial charge in [0, 0.05) is 11.1 Å². The van der Waals surface area contributed by atoms with Gasteiger partial charge in [0.15, 0.2) is 16.6 Å². The highest BCUT2D eigenvalue weighted by Crippen LogP contribution is 2.30. The first kappa shape index (κ1) is 21.9. The maximum absolute atomic E-state index is 12.3. The van der Waals surface area contributed by atoms with Crippen molar-refractivity contribution in [1.82, 2.24) is 4.98 Å². The number of benzene rings is 3. The molecule has 0 spiro atoms. The molecule has 0 unspecified atom stereocenters. The minimum Gasteiger partial charge on any atom is -0.493 e. The summed E-state index contributed by atoms with van der Waals surface area (Å²) in [7, 11) is 1.58. The lowest BCUT2D eigenvalue weighted by atomic mass is 10.2. The minimum atomic E-state index is -0.247. The Balaban J connectivity index is 1.40. The zero-order chi connectivity index (χ0) is 22.5. The van der Waals surface area contributed by atoms with E-state index in [1.54, 1.807) is 13.2 Å². The summed E-state index contributed by atoms with van der Waals surface area (Å²) in [6.07, 6.45) is 3.19. The van der Waals surface area contributed by atoms with E-state index in [2.05, 4.69) is 16.4 Å². The average molecular weight is 465 g/mol. The summed E-state index contributed by atoms with van der Waals surface area (Å²) in [6.45, 7) is 2.43. The quantitative estimate of drug-likeness (QED) is 0.317. The van der Waals surface area contributed by atoms with Crippen LogP contribution in [0.2, 0.25) is 5.02 Å². The van der Waals surface area contributed by atoms with Crippen molar-refractivity contribution in [2.45, 2.75) is 13.5 Å². The van der Waals surface area contributed by atoms with Crippen molar-refractivity contribution in [3.8, 4) is 11.5 Å². The van der Waals surface area contributed by atoms with Crippen molar-refractivity contribution in [1.29, 1.82) is 0 Å². The van der Waals surface area contributed by atoms with Crippen molar-refractivity contribution in [3.63, 3.8) is 0 Å². The van der Waals surface area contributed by atoms with E-state index in [-0.39, 0.29) is 5.91 Å². The third-order valence-electron chi connectivity index (χ3n) is 4.70. The molecule has 0 fully saturated rings. The number of nitrogens with one attached hydrogen (secondary N) is 1. The summed E-state index contributed by atoms with van der Waals surface area (Å²) in [5, 5.41) is 4.08. The van der Waals surface area contributed by atoms with Crippen LogP contribution in [-0.4, -0.2) is 18.0 Å². The fourth-order valence-electron chi connectivity index (χ4n) is 3.05. The Labute approximate surface area is 195 Å². The van der Waals surface area contributed by atoms with Crippen LogP contribution in [0.15, 0.2) is 66.7 Å². The molecule has 32 heavy (non-hydrogen) atoms. The highest BCUT2D eigenvalue weighted by Gasteiger charge is 2.08. The third kappa shape index (κ3) is 5.46. The summed E-state index contributed by atoms with van der Waals surface area (Å²) in [5.41, 5.74) is 3.85. The number of amides is 1. The minimum absolute atomic E-state index is 0.247. The zero-order valence-corrected chi connectivity index (χ0v) is 19.2. The Hall–Kier alpha value is -3.35. The van der Waals surface area contributed by atoms with Crippen LogP contribution >= 0.6 is 22.9 Å². The van der Waals surface area contributed by atoms with Gasteiger partial charge in [0.25, 0.3) is 0 Å². The molecule has 1 aromatic heterocycles.